The van der Waals surface area contributed by atoms with Gasteiger partial charge < -0.3 is 9.32 Å². The third-order valence-electron chi connectivity index (χ3n) is 4.13. The molecule has 0 spiro atoms. The van der Waals surface area contributed by atoms with Crippen molar-refractivity contribution in [1.82, 2.24) is 15.1 Å². The van der Waals surface area contributed by atoms with Crippen molar-refractivity contribution in [2.45, 2.75) is 24.6 Å². The van der Waals surface area contributed by atoms with Crippen LogP contribution in [0, 0.1) is 5.82 Å². The molecule has 1 fully saturated rings. The van der Waals surface area contributed by atoms with E-state index in [-0.39, 0.29) is 46.1 Å². The van der Waals surface area contributed by atoms with E-state index < -0.39 is 9.84 Å². The third kappa shape index (κ3) is 4.42. The van der Waals surface area contributed by atoms with Crippen molar-refractivity contribution in [3.63, 3.8) is 0 Å². The molecule has 1 saturated heterocycles. The zero-order valence-corrected chi connectivity index (χ0v) is 15.7. The quantitative estimate of drug-likeness (QED) is 0.686. The monoisotopic (exact) mass is 399 g/mol. The van der Waals surface area contributed by atoms with Crippen molar-refractivity contribution in [3.05, 3.63) is 30.1 Å². The summed E-state index contributed by atoms with van der Waals surface area (Å²) in [5.41, 5.74) is 0.587. The first kappa shape index (κ1) is 18.8. The van der Waals surface area contributed by atoms with Crippen LogP contribution in [0.4, 0.5) is 4.39 Å². The smallest absolute Gasteiger partial charge is 0.277 e. The Morgan fingerprint density at radius 3 is 2.69 bits per heavy atom. The number of aromatic nitrogens is 2. The first-order valence-corrected chi connectivity index (χ1v) is 10.9. The molecule has 1 atom stereocenters. The molecule has 7 nitrogen and oxygen atoms in total. The van der Waals surface area contributed by atoms with E-state index in [9.17, 15) is 17.6 Å². The Hall–Kier alpha value is -1.94. The molecule has 1 aliphatic heterocycles. The Bertz CT molecular complexity index is 883. The molecule has 0 aliphatic carbocycles. The highest BCUT2D eigenvalue weighted by molar-refractivity contribution is 7.99. The standard InChI is InChI=1S/C16H18FN3O4S2/c1-2-20(13-7-8-26(22,23)10-13)14(21)9-25-16-19-18-15(24-16)11-3-5-12(17)6-4-11/h3-6,13H,2,7-10H2,1H3/t13-/m0/s1. The topological polar surface area (TPSA) is 93.4 Å². The molecule has 2 heterocycles. The summed E-state index contributed by atoms with van der Waals surface area (Å²) in [6, 6.07) is 5.38. The minimum Gasteiger partial charge on any atom is -0.411 e. The summed E-state index contributed by atoms with van der Waals surface area (Å²) in [7, 11) is -3.05. The Kier molecular flexibility index (Phi) is 5.61. The Morgan fingerprint density at radius 2 is 2.08 bits per heavy atom. The van der Waals surface area contributed by atoms with Gasteiger partial charge in [0.1, 0.15) is 5.82 Å². The predicted molar refractivity (Wildman–Crippen MR) is 94.9 cm³/mol. The van der Waals surface area contributed by atoms with Gasteiger partial charge in [-0.3, -0.25) is 4.79 Å². The summed E-state index contributed by atoms with van der Waals surface area (Å²) in [6.07, 6.45) is 0.474. The molecule has 0 saturated carbocycles. The molecular weight excluding hydrogens is 381 g/mol. The molecule has 1 aliphatic rings. The number of sulfone groups is 1. The van der Waals surface area contributed by atoms with Crippen molar-refractivity contribution in [2.75, 3.05) is 23.8 Å². The average molecular weight is 399 g/mol. The molecule has 0 bridgehead atoms. The average Bonchev–Trinajstić information content (AvgIpc) is 3.21. The molecule has 10 heteroatoms. The van der Waals surface area contributed by atoms with Crippen molar-refractivity contribution in [3.8, 4) is 11.5 Å². The van der Waals surface area contributed by atoms with E-state index in [1.807, 2.05) is 6.92 Å². The highest BCUT2D eigenvalue weighted by atomic mass is 32.2. The maximum absolute atomic E-state index is 13.0. The van der Waals surface area contributed by atoms with Gasteiger partial charge in [-0.2, -0.15) is 0 Å². The second kappa shape index (κ2) is 7.75. The van der Waals surface area contributed by atoms with E-state index in [0.29, 0.717) is 18.5 Å². The lowest BCUT2D eigenvalue weighted by Crippen LogP contribution is -2.41. The summed E-state index contributed by atoms with van der Waals surface area (Å²) < 4.78 is 41.7. The highest BCUT2D eigenvalue weighted by Crippen LogP contribution is 2.24. The number of benzene rings is 1. The van der Waals surface area contributed by atoms with Gasteiger partial charge in [-0.05, 0) is 37.6 Å². The fourth-order valence-corrected chi connectivity index (χ4v) is 5.22. The first-order chi connectivity index (χ1) is 12.4. The van der Waals surface area contributed by atoms with Crippen LogP contribution in [0.25, 0.3) is 11.5 Å². The molecule has 0 radical (unpaired) electrons. The molecule has 3 rings (SSSR count). The van der Waals surface area contributed by atoms with Gasteiger partial charge in [-0.1, -0.05) is 11.8 Å². The van der Waals surface area contributed by atoms with E-state index in [4.69, 9.17) is 4.42 Å². The highest BCUT2D eigenvalue weighted by Gasteiger charge is 2.33. The predicted octanol–water partition coefficient (Wildman–Crippen LogP) is 2.00. The number of thioether (sulfide) groups is 1. The molecular formula is C16H18FN3O4S2. The number of carbonyl (C=O) groups is 1. The number of hydrogen-bond acceptors (Lipinski definition) is 7. The van der Waals surface area contributed by atoms with Crippen LogP contribution in [0.2, 0.25) is 0 Å². The van der Waals surface area contributed by atoms with E-state index >= 15 is 0 Å². The van der Waals surface area contributed by atoms with Gasteiger partial charge in [0.15, 0.2) is 9.84 Å². The van der Waals surface area contributed by atoms with Crippen LogP contribution in [0.15, 0.2) is 33.9 Å². The summed E-state index contributed by atoms with van der Waals surface area (Å²) >= 11 is 1.09. The summed E-state index contributed by atoms with van der Waals surface area (Å²) in [4.78, 5) is 14.0. The molecule has 0 unspecified atom stereocenters. The molecule has 2 aromatic rings. The van der Waals surface area contributed by atoms with Gasteiger partial charge in [0.25, 0.3) is 5.22 Å². The normalized spacial score (nSPS) is 18.8. The van der Waals surface area contributed by atoms with E-state index in [1.54, 1.807) is 4.90 Å². The Labute approximate surface area is 154 Å². The second-order valence-corrected chi connectivity index (χ2v) is 9.06. The number of hydrogen-bond donors (Lipinski definition) is 0. The minimum atomic E-state index is -3.05. The largest absolute Gasteiger partial charge is 0.411 e. The molecule has 1 aromatic carbocycles. The zero-order chi connectivity index (χ0) is 18.7. The maximum Gasteiger partial charge on any atom is 0.277 e. The molecule has 140 valence electrons. The lowest BCUT2D eigenvalue weighted by Gasteiger charge is -2.26. The number of carbonyl (C=O) groups excluding carboxylic acids is 1. The lowest BCUT2D eigenvalue weighted by molar-refractivity contribution is -0.129. The van der Waals surface area contributed by atoms with Crippen LogP contribution in [-0.2, 0) is 14.6 Å². The van der Waals surface area contributed by atoms with E-state index in [2.05, 4.69) is 10.2 Å². The Balaban J connectivity index is 1.60. The van der Waals surface area contributed by atoms with Gasteiger partial charge >= 0.3 is 0 Å². The van der Waals surface area contributed by atoms with Gasteiger partial charge in [0, 0.05) is 18.2 Å². The lowest BCUT2D eigenvalue weighted by atomic mass is 10.2. The van der Waals surface area contributed by atoms with Crippen LogP contribution in [-0.4, -0.2) is 59.3 Å². The van der Waals surface area contributed by atoms with Crippen molar-refractivity contribution >= 4 is 27.5 Å². The van der Waals surface area contributed by atoms with Crippen molar-refractivity contribution in [2.24, 2.45) is 0 Å². The summed E-state index contributed by atoms with van der Waals surface area (Å²) in [6.45, 7) is 2.27. The fraction of sp³-hybridized carbons (Fsp3) is 0.438. The molecule has 1 aromatic heterocycles. The second-order valence-electron chi connectivity index (χ2n) is 5.91. The van der Waals surface area contributed by atoms with E-state index in [0.717, 1.165) is 11.8 Å². The van der Waals surface area contributed by atoms with Gasteiger partial charge in [-0.25, -0.2) is 12.8 Å². The van der Waals surface area contributed by atoms with Gasteiger partial charge in [0.05, 0.1) is 17.3 Å². The van der Waals surface area contributed by atoms with Crippen molar-refractivity contribution < 1.29 is 22.0 Å². The van der Waals surface area contributed by atoms with Crippen molar-refractivity contribution in [1.29, 1.82) is 0 Å². The number of rotatable bonds is 6. The zero-order valence-electron chi connectivity index (χ0n) is 14.1. The Morgan fingerprint density at radius 1 is 1.35 bits per heavy atom. The fourth-order valence-electron chi connectivity index (χ4n) is 2.84. The first-order valence-electron chi connectivity index (χ1n) is 8.10. The van der Waals surface area contributed by atoms with Crippen LogP contribution < -0.4 is 0 Å². The number of amides is 1. The minimum absolute atomic E-state index is 0.0204. The van der Waals surface area contributed by atoms with Crippen LogP contribution in [0.5, 0.6) is 0 Å². The third-order valence-corrected chi connectivity index (χ3v) is 6.68. The summed E-state index contributed by atoms with van der Waals surface area (Å²) in [5, 5.41) is 8.00. The number of halogens is 1. The molecule has 1 amide bonds. The maximum atomic E-state index is 13.0. The molecule has 26 heavy (non-hydrogen) atoms. The number of nitrogens with zero attached hydrogens (tertiary/aromatic N) is 3. The van der Waals surface area contributed by atoms with Crippen LogP contribution >= 0.6 is 11.8 Å². The van der Waals surface area contributed by atoms with E-state index in [1.165, 1.54) is 24.3 Å². The van der Waals surface area contributed by atoms with Gasteiger partial charge in [-0.15, -0.1) is 10.2 Å². The van der Waals surface area contributed by atoms with Crippen LogP contribution in [0.1, 0.15) is 13.3 Å². The molecule has 0 N–H and O–H groups in total. The summed E-state index contributed by atoms with van der Waals surface area (Å²) in [5.74, 6) is -0.0568. The van der Waals surface area contributed by atoms with Crippen LogP contribution in [0.3, 0.4) is 0 Å². The van der Waals surface area contributed by atoms with Gasteiger partial charge in [0.2, 0.25) is 11.8 Å². The SMILES string of the molecule is CCN(C(=O)CSc1nnc(-c2ccc(F)cc2)o1)[C@H]1CCS(=O)(=O)C1.